The summed E-state index contributed by atoms with van der Waals surface area (Å²) in [6.07, 6.45) is 0.777. The van der Waals surface area contributed by atoms with Gasteiger partial charge in [0.05, 0.1) is 5.92 Å². The fourth-order valence-corrected chi connectivity index (χ4v) is 4.62. The Labute approximate surface area is 249 Å². The summed E-state index contributed by atoms with van der Waals surface area (Å²) in [6.45, 7) is 14.5. The van der Waals surface area contributed by atoms with Gasteiger partial charge in [-0.2, -0.15) is 0 Å². The Morgan fingerprint density at radius 1 is 0.762 bits per heavy atom. The van der Waals surface area contributed by atoms with Crippen molar-refractivity contribution in [1.29, 1.82) is 0 Å². The van der Waals surface area contributed by atoms with E-state index in [4.69, 9.17) is 29.4 Å². The lowest BCUT2D eigenvalue weighted by Crippen LogP contribution is -2.43. The van der Waals surface area contributed by atoms with Gasteiger partial charge in [0.15, 0.2) is 11.5 Å². The van der Waals surface area contributed by atoms with Crippen LogP contribution in [0.4, 0.5) is 9.59 Å². The van der Waals surface area contributed by atoms with Crippen molar-refractivity contribution in [1.82, 2.24) is 0 Å². The third-order valence-corrected chi connectivity index (χ3v) is 7.13. The lowest BCUT2D eigenvalue weighted by molar-refractivity contribution is -0.155. The summed E-state index contributed by atoms with van der Waals surface area (Å²) in [5, 5.41) is 9.83. The number of hydrogen-bond donors (Lipinski definition) is 2. The van der Waals surface area contributed by atoms with Crippen LogP contribution in [0.2, 0.25) is 0 Å². The van der Waals surface area contributed by atoms with Crippen molar-refractivity contribution < 1.29 is 48.0 Å². The van der Waals surface area contributed by atoms with Crippen LogP contribution in [0.1, 0.15) is 105 Å². The first-order valence-corrected chi connectivity index (χ1v) is 14.8. The third-order valence-electron chi connectivity index (χ3n) is 7.13. The van der Waals surface area contributed by atoms with Crippen LogP contribution >= 0.6 is 0 Å². The number of hydrogen-bond acceptors (Lipinski definition) is 10. The Bertz CT molecular complexity index is 1030. The molecule has 3 N–H and O–H groups in total. The van der Waals surface area contributed by atoms with Crippen LogP contribution in [0.25, 0.3) is 0 Å². The summed E-state index contributed by atoms with van der Waals surface area (Å²) in [6, 6.07) is 2.87. The molecule has 0 bridgehead atoms. The van der Waals surface area contributed by atoms with Crippen LogP contribution < -0.4 is 15.2 Å². The van der Waals surface area contributed by atoms with Gasteiger partial charge in [0.25, 0.3) is 0 Å². The van der Waals surface area contributed by atoms with Gasteiger partial charge in [-0.15, -0.1) is 0 Å². The normalized spacial score (nSPS) is 16.1. The predicted molar refractivity (Wildman–Crippen MR) is 157 cm³/mol. The molecule has 0 saturated carbocycles. The van der Waals surface area contributed by atoms with Crippen LogP contribution in [0.3, 0.4) is 0 Å². The summed E-state index contributed by atoms with van der Waals surface area (Å²) < 4.78 is 27.0. The van der Waals surface area contributed by atoms with Crippen molar-refractivity contribution in [3.63, 3.8) is 0 Å². The largest absolute Gasteiger partial charge is 0.514 e. The van der Waals surface area contributed by atoms with E-state index in [1.165, 1.54) is 18.2 Å². The molecule has 238 valence electrons. The van der Waals surface area contributed by atoms with Gasteiger partial charge in [0, 0.05) is 11.8 Å². The standard InChI is InChI=1S/C31H49NO10/c1-9-12-18(4)29(35)40-22(8)21(7)26(27(32)28(33)34)23-15-16-24(41-30(36)38-19(5)13-10-2)25(17-23)42-31(37)39-20(6)14-11-3/h15-22,26-27H,9-14,32H2,1-8H3,(H,33,34)/t18?,19?,20?,21?,22?,26?,27-/m0/s1. The fourth-order valence-electron chi connectivity index (χ4n) is 4.62. The lowest BCUT2D eigenvalue weighted by Gasteiger charge is -2.32. The summed E-state index contributed by atoms with van der Waals surface area (Å²) in [4.78, 5) is 49.7. The number of carboxylic acids is 1. The Morgan fingerprint density at radius 2 is 1.26 bits per heavy atom. The molecule has 1 aromatic rings. The van der Waals surface area contributed by atoms with E-state index < -0.39 is 54.5 Å². The van der Waals surface area contributed by atoms with Crippen molar-refractivity contribution in [2.24, 2.45) is 17.6 Å². The number of aliphatic carboxylic acids is 1. The molecule has 0 aliphatic rings. The van der Waals surface area contributed by atoms with E-state index in [-0.39, 0.29) is 23.4 Å². The van der Waals surface area contributed by atoms with Gasteiger partial charge in [-0.1, -0.05) is 59.9 Å². The highest BCUT2D eigenvalue weighted by Crippen LogP contribution is 2.37. The number of rotatable bonds is 17. The Kier molecular flexibility index (Phi) is 15.9. The molecule has 7 atom stereocenters. The minimum absolute atomic E-state index is 0.129. The number of ether oxygens (including phenoxy) is 5. The minimum atomic E-state index is -1.40. The number of esters is 1. The van der Waals surface area contributed by atoms with Crippen molar-refractivity contribution in [2.75, 3.05) is 0 Å². The predicted octanol–water partition coefficient (Wildman–Crippen LogP) is 6.59. The molecule has 11 nitrogen and oxygen atoms in total. The summed E-state index contributed by atoms with van der Waals surface area (Å²) in [5.74, 6) is -3.72. The molecule has 1 rings (SSSR count). The first-order valence-electron chi connectivity index (χ1n) is 14.8. The van der Waals surface area contributed by atoms with E-state index in [9.17, 15) is 24.3 Å². The zero-order valence-corrected chi connectivity index (χ0v) is 26.2. The fraction of sp³-hybridized carbons (Fsp3) is 0.677. The number of carbonyl (C=O) groups is 4. The first-order chi connectivity index (χ1) is 19.7. The molecular weight excluding hydrogens is 546 g/mol. The smallest absolute Gasteiger partial charge is 0.480 e. The zero-order chi connectivity index (χ0) is 32.0. The van der Waals surface area contributed by atoms with E-state index in [0.717, 1.165) is 19.3 Å². The average Bonchev–Trinajstić information content (AvgIpc) is 2.90. The highest BCUT2D eigenvalue weighted by molar-refractivity contribution is 5.75. The van der Waals surface area contributed by atoms with Crippen LogP contribution in [0, 0.1) is 11.8 Å². The van der Waals surface area contributed by atoms with Gasteiger partial charge >= 0.3 is 24.2 Å². The Balaban J connectivity index is 3.44. The van der Waals surface area contributed by atoms with Crippen LogP contribution in [-0.2, 0) is 23.8 Å². The van der Waals surface area contributed by atoms with E-state index in [0.29, 0.717) is 24.8 Å². The van der Waals surface area contributed by atoms with Gasteiger partial charge in [0.1, 0.15) is 24.4 Å². The molecule has 0 saturated heterocycles. The average molecular weight is 596 g/mol. The molecule has 0 fully saturated rings. The van der Waals surface area contributed by atoms with Gasteiger partial charge < -0.3 is 34.5 Å². The maximum Gasteiger partial charge on any atom is 0.514 e. The second-order valence-electron chi connectivity index (χ2n) is 10.9. The Hall–Kier alpha value is -3.34. The molecule has 0 aliphatic heterocycles. The van der Waals surface area contributed by atoms with E-state index in [1.54, 1.807) is 34.6 Å². The molecule has 6 unspecified atom stereocenters. The first kappa shape index (κ1) is 36.7. The monoisotopic (exact) mass is 595 g/mol. The highest BCUT2D eigenvalue weighted by Gasteiger charge is 2.36. The van der Waals surface area contributed by atoms with E-state index in [1.807, 2.05) is 20.8 Å². The van der Waals surface area contributed by atoms with Crippen molar-refractivity contribution in [2.45, 2.75) is 124 Å². The highest BCUT2D eigenvalue weighted by atomic mass is 16.7. The maximum atomic E-state index is 12.6. The second-order valence-corrected chi connectivity index (χ2v) is 10.9. The van der Waals surface area contributed by atoms with Crippen LogP contribution in [0.15, 0.2) is 18.2 Å². The van der Waals surface area contributed by atoms with Crippen LogP contribution in [0.5, 0.6) is 11.5 Å². The lowest BCUT2D eigenvalue weighted by atomic mass is 9.79. The van der Waals surface area contributed by atoms with Crippen LogP contribution in [-0.4, -0.2) is 53.7 Å². The molecule has 11 heteroatoms. The van der Waals surface area contributed by atoms with Crippen molar-refractivity contribution in [3.05, 3.63) is 23.8 Å². The number of carbonyl (C=O) groups excluding carboxylic acids is 3. The maximum absolute atomic E-state index is 12.6. The molecule has 42 heavy (non-hydrogen) atoms. The van der Waals surface area contributed by atoms with E-state index in [2.05, 4.69) is 0 Å². The van der Waals surface area contributed by atoms with Gasteiger partial charge in [-0.05, 0) is 57.7 Å². The molecule has 0 aliphatic carbocycles. The molecule has 0 aromatic heterocycles. The number of carboxylic acid groups (broad SMARTS) is 1. The van der Waals surface area contributed by atoms with Crippen molar-refractivity contribution >= 4 is 24.2 Å². The zero-order valence-electron chi connectivity index (χ0n) is 26.2. The molecule has 0 amide bonds. The molecule has 0 radical (unpaired) electrons. The van der Waals surface area contributed by atoms with Gasteiger partial charge in [-0.25, -0.2) is 9.59 Å². The Morgan fingerprint density at radius 3 is 1.74 bits per heavy atom. The summed E-state index contributed by atoms with van der Waals surface area (Å²) in [7, 11) is 0. The number of nitrogens with two attached hydrogens (primary N) is 1. The molecule has 1 aromatic carbocycles. The minimum Gasteiger partial charge on any atom is -0.480 e. The molecule has 0 spiro atoms. The SMILES string of the molecule is CCCC(C)OC(=O)Oc1ccc(C(C(C)C(C)OC(=O)C(C)CCC)[C@H](N)C(=O)O)cc1OC(=O)OC(C)CCC. The van der Waals surface area contributed by atoms with Gasteiger partial charge in [-0.3, -0.25) is 9.59 Å². The quantitative estimate of drug-likeness (QED) is 0.113. The van der Waals surface area contributed by atoms with E-state index >= 15 is 0 Å². The van der Waals surface area contributed by atoms with Crippen molar-refractivity contribution in [3.8, 4) is 11.5 Å². The number of benzene rings is 1. The van der Waals surface area contributed by atoms with Gasteiger partial charge in [0.2, 0.25) is 0 Å². The second kappa shape index (κ2) is 18.3. The molecule has 0 heterocycles. The topological polar surface area (TPSA) is 161 Å². The molecular formula is C31H49NO10. The summed E-state index contributed by atoms with van der Waals surface area (Å²) in [5.41, 5.74) is 6.51. The third kappa shape index (κ3) is 11.9. The summed E-state index contributed by atoms with van der Waals surface area (Å²) >= 11 is 0.